The average molecular weight is 354 g/mol. The van der Waals surface area contributed by atoms with Gasteiger partial charge in [-0.3, -0.25) is 10.4 Å². The Balaban J connectivity index is 2.82. The molecule has 0 saturated heterocycles. The fourth-order valence-electron chi connectivity index (χ4n) is 1.22. The number of hydrogen-bond acceptors (Lipinski definition) is 2. The molecule has 0 bridgehead atoms. The van der Waals surface area contributed by atoms with Crippen LogP contribution in [0, 0.1) is 0 Å². The number of nitrogens with zero attached hydrogens (tertiary/aromatic N) is 1. The zero-order chi connectivity index (χ0) is 13.5. The van der Waals surface area contributed by atoms with E-state index in [4.69, 9.17) is 29.0 Å². The first-order chi connectivity index (χ1) is 8.60. The van der Waals surface area contributed by atoms with Crippen LogP contribution in [0.5, 0.6) is 0 Å². The van der Waals surface area contributed by atoms with Gasteiger partial charge in [0.1, 0.15) is 0 Å². The zero-order valence-corrected chi connectivity index (χ0v) is 13.0. The lowest BCUT2D eigenvalue weighted by atomic mass is 10.3. The van der Waals surface area contributed by atoms with Gasteiger partial charge >= 0.3 is 0 Å². The smallest absolute Gasteiger partial charge is 0.210 e. The van der Waals surface area contributed by atoms with Crippen molar-refractivity contribution in [2.24, 2.45) is 10.8 Å². The van der Waals surface area contributed by atoms with Gasteiger partial charge in [0.15, 0.2) is 0 Å². The first-order valence-electron chi connectivity index (χ1n) is 5.51. The highest BCUT2D eigenvalue weighted by Crippen LogP contribution is 2.35. The number of nitrogens with two attached hydrogens (primary N) is 1. The van der Waals surface area contributed by atoms with Crippen molar-refractivity contribution in [1.82, 2.24) is 5.43 Å². The van der Waals surface area contributed by atoms with Crippen molar-refractivity contribution in [1.29, 1.82) is 0 Å². The van der Waals surface area contributed by atoms with Crippen LogP contribution in [-0.4, -0.2) is 12.5 Å². The molecule has 0 radical (unpaired) electrons. The molecule has 4 N–H and O–H groups in total. The van der Waals surface area contributed by atoms with E-state index in [2.05, 4.69) is 38.6 Å². The summed E-state index contributed by atoms with van der Waals surface area (Å²) in [6, 6.07) is 3.60. The summed E-state index contributed by atoms with van der Waals surface area (Å²) in [6.07, 6.45) is 2.08. The molecule has 0 saturated carbocycles. The second-order valence-corrected chi connectivity index (χ2v) is 5.19. The lowest BCUT2D eigenvalue weighted by Gasteiger charge is -2.12. The number of hydrazine groups is 1. The molecule has 0 unspecified atom stereocenters. The summed E-state index contributed by atoms with van der Waals surface area (Å²) in [5, 5.41) is 3.87. The van der Waals surface area contributed by atoms with Gasteiger partial charge in [-0.25, -0.2) is 5.84 Å². The first kappa shape index (κ1) is 15.6. The predicted octanol–water partition coefficient (Wildman–Crippen LogP) is 3.79. The molecule has 0 aromatic heterocycles. The van der Waals surface area contributed by atoms with Crippen LogP contribution >= 0.6 is 39.1 Å². The van der Waals surface area contributed by atoms with Crippen LogP contribution in [0.2, 0.25) is 10.0 Å². The first-order valence-corrected chi connectivity index (χ1v) is 7.06. The predicted molar refractivity (Wildman–Crippen MR) is 82.3 cm³/mol. The molecule has 0 heterocycles. The highest BCUT2D eigenvalue weighted by Gasteiger charge is 2.09. The van der Waals surface area contributed by atoms with Crippen LogP contribution in [0.15, 0.2) is 21.6 Å². The van der Waals surface area contributed by atoms with E-state index >= 15 is 0 Å². The summed E-state index contributed by atoms with van der Waals surface area (Å²) in [6.45, 7) is 2.80. The maximum atomic E-state index is 6.11. The summed E-state index contributed by atoms with van der Waals surface area (Å²) in [4.78, 5) is 4.28. The molecule has 0 spiro atoms. The number of aliphatic imine (C=N–C) groups is 1. The molecule has 100 valence electrons. The van der Waals surface area contributed by atoms with Gasteiger partial charge in [-0.15, -0.1) is 0 Å². The summed E-state index contributed by atoms with van der Waals surface area (Å²) >= 11 is 15.4. The molecule has 18 heavy (non-hydrogen) atoms. The Morgan fingerprint density at radius 3 is 2.72 bits per heavy atom. The van der Waals surface area contributed by atoms with E-state index < -0.39 is 0 Å². The monoisotopic (exact) mass is 352 g/mol. The molecule has 1 aromatic carbocycles. The summed E-state index contributed by atoms with van der Waals surface area (Å²) in [5.41, 5.74) is 3.15. The Hall–Kier alpha value is -0.490. The van der Waals surface area contributed by atoms with E-state index in [-0.39, 0.29) is 0 Å². The summed E-state index contributed by atoms with van der Waals surface area (Å²) in [5.74, 6) is 5.85. The van der Waals surface area contributed by atoms with Gasteiger partial charge in [-0.1, -0.05) is 36.5 Å². The number of hydrogen-bond donors (Lipinski definition) is 3. The summed E-state index contributed by atoms with van der Waals surface area (Å²) in [7, 11) is 0. The third kappa shape index (κ3) is 4.31. The van der Waals surface area contributed by atoms with E-state index in [0.717, 1.165) is 17.3 Å². The van der Waals surface area contributed by atoms with Crippen molar-refractivity contribution in [3.8, 4) is 0 Å². The lowest BCUT2D eigenvalue weighted by molar-refractivity contribution is 0.801. The Morgan fingerprint density at radius 2 is 2.11 bits per heavy atom. The van der Waals surface area contributed by atoms with Gasteiger partial charge in [-0.05, 0) is 34.5 Å². The van der Waals surface area contributed by atoms with Crippen molar-refractivity contribution in [3.63, 3.8) is 0 Å². The average Bonchev–Trinajstić information content (AvgIpc) is 2.38. The van der Waals surface area contributed by atoms with Crippen molar-refractivity contribution in [3.05, 3.63) is 26.7 Å². The van der Waals surface area contributed by atoms with Gasteiger partial charge in [0.25, 0.3) is 0 Å². The van der Waals surface area contributed by atoms with E-state index in [9.17, 15) is 0 Å². The minimum absolute atomic E-state index is 0.421. The van der Waals surface area contributed by atoms with Gasteiger partial charge in [0.2, 0.25) is 5.96 Å². The van der Waals surface area contributed by atoms with Gasteiger partial charge < -0.3 is 5.32 Å². The maximum absolute atomic E-state index is 6.11. The normalized spacial score (nSPS) is 11.5. The minimum Gasteiger partial charge on any atom is -0.324 e. The number of rotatable bonds is 4. The standard InChI is InChI=1S/C11H15BrCl2N4/c1-2-3-6-16-11(18-15)17-8-5-4-7(12)9(13)10(8)14/h4-5H,2-3,6,15H2,1H3,(H2,16,17,18). The van der Waals surface area contributed by atoms with Crippen LogP contribution in [0.3, 0.4) is 0 Å². The maximum Gasteiger partial charge on any atom is 0.210 e. The van der Waals surface area contributed by atoms with E-state index in [0.29, 0.717) is 28.2 Å². The topological polar surface area (TPSA) is 62.4 Å². The second kappa shape index (κ2) is 7.84. The van der Waals surface area contributed by atoms with Crippen LogP contribution in [0.4, 0.5) is 5.69 Å². The number of benzene rings is 1. The van der Waals surface area contributed by atoms with Crippen LogP contribution in [-0.2, 0) is 0 Å². The van der Waals surface area contributed by atoms with Crippen LogP contribution in [0.1, 0.15) is 19.8 Å². The lowest BCUT2D eigenvalue weighted by Crippen LogP contribution is -2.36. The molecular formula is C11H15BrCl2N4. The Kier molecular flexibility index (Phi) is 6.78. The third-order valence-corrected chi connectivity index (χ3v) is 3.98. The van der Waals surface area contributed by atoms with Crippen molar-refractivity contribution >= 4 is 50.8 Å². The van der Waals surface area contributed by atoms with E-state index in [1.54, 1.807) is 12.1 Å². The van der Waals surface area contributed by atoms with Gasteiger partial charge in [0.05, 0.1) is 15.7 Å². The Bertz CT molecular complexity index is 437. The van der Waals surface area contributed by atoms with Gasteiger partial charge in [0, 0.05) is 11.0 Å². The molecule has 0 amide bonds. The van der Waals surface area contributed by atoms with Crippen LogP contribution in [0.25, 0.3) is 0 Å². The van der Waals surface area contributed by atoms with Crippen molar-refractivity contribution < 1.29 is 0 Å². The molecule has 0 aliphatic heterocycles. The van der Waals surface area contributed by atoms with Gasteiger partial charge in [-0.2, -0.15) is 0 Å². The molecule has 0 atom stereocenters. The Morgan fingerprint density at radius 1 is 1.39 bits per heavy atom. The quantitative estimate of drug-likeness (QED) is 0.193. The number of nitrogens with one attached hydrogen (secondary N) is 2. The number of unbranched alkanes of at least 4 members (excludes halogenated alkanes) is 1. The fourth-order valence-corrected chi connectivity index (χ4v) is 2.04. The Labute approximate surface area is 125 Å². The number of guanidine groups is 1. The molecular weight excluding hydrogens is 339 g/mol. The summed E-state index contributed by atoms with van der Waals surface area (Å²) < 4.78 is 0.741. The number of anilines is 1. The molecule has 0 aliphatic carbocycles. The number of halogens is 3. The SMILES string of the molecule is CCCCN=C(NN)Nc1ccc(Br)c(Cl)c1Cl. The molecule has 4 nitrogen and oxygen atoms in total. The van der Waals surface area contributed by atoms with Crippen molar-refractivity contribution in [2.45, 2.75) is 19.8 Å². The molecule has 1 rings (SSSR count). The fraction of sp³-hybridized carbons (Fsp3) is 0.364. The van der Waals surface area contributed by atoms with E-state index in [1.807, 2.05) is 0 Å². The zero-order valence-electron chi connectivity index (χ0n) is 9.93. The highest BCUT2D eigenvalue weighted by atomic mass is 79.9. The van der Waals surface area contributed by atoms with Crippen molar-refractivity contribution in [2.75, 3.05) is 11.9 Å². The minimum atomic E-state index is 0.421. The third-order valence-electron chi connectivity index (χ3n) is 2.21. The second-order valence-electron chi connectivity index (χ2n) is 3.58. The molecule has 7 heteroatoms. The molecule has 1 aromatic rings. The highest BCUT2D eigenvalue weighted by molar-refractivity contribution is 9.10. The van der Waals surface area contributed by atoms with Crippen LogP contribution < -0.4 is 16.6 Å². The molecule has 0 aliphatic rings. The molecule has 0 fully saturated rings. The van der Waals surface area contributed by atoms with E-state index in [1.165, 1.54) is 0 Å². The largest absolute Gasteiger partial charge is 0.324 e.